The van der Waals surface area contributed by atoms with Gasteiger partial charge in [0.2, 0.25) is 0 Å². The Bertz CT molecular complexity index is 1420. The third-order valence-electron chi connectivity index (χ3n) is 5.59. The van der Waals surface area contributed by atoms with E-state index in [9.17, 15) is 22.8 Å². The number of rotatable bonds is 4. The maximum Gasteiger partial charge on any atom is 0.471 e. The number of halogens is 3. The van der Waals surface area contributed by atoms with E-state index in [1.165, 1.54) is 47.8 Å². The van der Waals surface area contributed by atoms with E-state index in [4.69, 9.17) is 0 Å². The van der Waals surface area contributed by atoms with Crippen LogP contribution in [0.25, 0.3) is 0 Å². The summed E-state index contributed by atoms with van der Waals surface area (Å²) in [4.78, 5) is 34.7. The van der Waals surface area contributed by atoms with Gasteiger partial charge in [-0.15, -0.1) is 0 Å². The molecule has 1 fully saturated rings. The molecule has 11 heteroatoms. The van der Waals surface area contributed by atoms with Crippen molar-refractivity contribution in [3.63, 3.8) is 0 Å². The Hall–Kier alpha value is -3.70. The zero-order valence-corrected chi connectivity index (χ0v) is 21.0. The first-order valence-electron chi connectivity index (χ1n) is 11.1. The molecule has 0 bridgehead atoms. The number of hydrogen-bond acceptors (Lipinski definition) is 6. The first-order chi connectivity index (χ1) is 17.7. The lowest BCUT2D eigenvalue weighted by atomic mass is 10.2. The van der Waals surface area contributed by atoms with Gasteiger partial charge in [-0.05, 0) is 53.7 Å². The highest BCUT2D eigenvalue weighted by Gasteiger charge is 2.40. The fourth-order valence-electron chi connectivity index (χ4n) is 3.76. The van der Waals surface area contributed by atoms with Gasteiger partial charge in [0.25, 0.3) is 5.91 Å². The predicted molar refractivity (Wildman–Crippen MR) is 141 cm³/mol. The van der Waals surface area contributed by atoms with Crippen LogP contribution in [0.3, 0.4) is 0 Å². The third kappa shape index (κ3) is 5.23. The molecule has 37 heavy (non-hydrogen) atoms. The van der Waals surface area contributed by atoms with E-state index in [2.05, 4.69) is 4.99 Å². The Balaban J connectivity index is 1.46. The minimum atomic E-state index is -4.98. The van der Waals surface area contributed by atoms with Crippen LogP contribution in [0.15, 0.2) is 98.7 Å². The van der Waals surface area contributed by atoms with Crippen LogP contribution >= 0.6 is 23.5 Å². The zero-order valence-electron chi connectivity index (χ0n) is 19.3. The molecular weight excluding hydrogens is 521 g/mol. The molecule has 2 amide bonds. The molecule has 0 atom stereocenters. The van der Waals surface area contributed by atoms with Gasteiger partial charge in [0.05, 0.1) is 22.9 Å². The molecule has 1 N–H and O–H groups in total. The molecule has 188 valence electrons. The normalized spacial score (nSPS) is 18.5. The molecule has 2 aliphatic heterocycles. The lowest BCUT2D eigenvalue weighted by Crippen LogP contribution is -2.29. The highest BCUT2D eigenvalue weighted by atomic mass is 32.2. The van der Waals surface area contributed by atoms with Crippen molar-refractivity contribution in [1.29, 1.82) is 0 Å². The van der Waals surface area contributed by atoms with Crippen molar-refractivity contribution in [3.05, 3.63) is 94.4 Å². The first-order valence-corrected chi connectivity index (χ1v) is 12.7. The summed E-state index contributed by atoms with van der Waals surface area (Å²) in [6.45, 7) is 0.309. The summed E-state index contributed by atoms with van der Waals surface area (Å²) in [6.07, 6.45) is -4.98. The number of amides is 2. The third-order valence-corrected chi connectivity index (χ3v) is 8.02. The van der Waals surface area contributed by atoms with E-state index in [-0.39, 0.29) is 11.6 Å². The van der Waals surface area contributed by atoms with Crippen LogP contribution in [0.5, 0.6) is 0 Å². The van der Waals surface area contributed by atoms with Crippen LogP contribution in [0.1, 0.15) is 5.56 Å². The topological polar surface area (TPSA) is 65.0 Å². The molecule has 6 nitrogen and oxygen atoms in total. The van der Waals surface area contributed by atoms with Crippen molar-refractivity contribution < 1.29 is 22.8 Å². The maximum absolute atomic E-state index is 13.6. The summed E-state index contributed by atoms with van der Waals surface area (Å²) >= 11 is 2.78. The Morgan fingerprint density at radius 1 is 0.946 bits per heavy atom. The van der Waals surface area contributed by atoms with E-state index in [0.717, 1.165) is 21.2 Å². The average Bonchev–Trinajstić information content (AvgIpc) is 3.37. The lowest BCUT2D eigenvalue weighted by molar-refractivity contribution is -0.167. The number of para-hydroxylation sites is 1. The number of fused-ring (bicyclic) bond motifs is 1. The van der Waals surface area contributed by atoms with Gasteiger partial charge in [-0.1, -0.05) is 54.2 Å². The van der Waals surface area contributed by atoms with Gasteiger partial charge in [0.15, 0.2) is 5.17 Å². The number of alkyl halides is 3. The summed E-state index contributed by atoms with van der Waals surface area (Å²) in [5.74, 6) is -2.23. The smallest absolute Gasteiger partial charge is 0.337 e. The van der Waals surface area contributed by atoms with Gasteiger partial charge < -0.3 is 10.2 Å². The van der Waals surface area contributed by atoms with Gasteiger partial charge in [0, 0.05) is 17.6 Å². The molecule has 0 unspecified atom stereocenters. The van der Waals surface area contributed by atoms with Crippen LogP contribution in [-0.4, -0.2) is 35.1 Å². The van der Waals surface area contributed by atoms with Crippen molar-refractivity contribution in [1.82, 2.24) is 4.90 Å². The number of nitrogens with one attached hydrogen (secondary N) is 1. The summed E-state index contributed by atoms with van der Waals surface area (Å²) in [6, 6.07) is 23.1. The van der Waals surface area contributed by atoms with Gasteiger partial charge in [-0.3, -0.25) is 14.5 Å². The number of anilines is 2. The monoisotopic (exact) mass is 540 g/mol. The van der Waals surface area contributed by atoms with Gasteiger partial charge >= 0.3 is 12.1 Å². The second-order valence-electron chi connectivity index (χ2n) is 8.14. The van der Waals surface area contributed by atoms with E-state index < -0.39 is 12.1 Å². The molecule has 2 heterocycles. The molecule has 2 aliphatic rings. The molecule has 0 saturated carbocycles. The molecule has 0 aliphatic carbocycles. The van der Waals surface area contributed by atoms with Crippen LogP contribution in [-0.2, 0) is 16.1 Å². The highest BCUT2D eigenvalue weighted by Crippen LogP contribution is 2.50. The number of hydrogen-bond donors (Lipinski definition) is 1. The Morgan fingerprint density at radius 3 is 2.30 bits per heavy atom. The molecule has 1 saturated heterocycles. The number of carbonyl (C=O) groups is 2. The minimum absolute atomic E-state index is 0.00730. The van der Waals surface area contributed by atoms with Crippen LogP contribution in [0.4, 0.5) is 30.2 Å². The van der Waals surface area contributed by atoms with Gasteiger partial charge in [-0.2, -0.15) is 13.2 Å². The largest absolute Gasteiger partial charge is 0.471 e. The maximum atomic E-state index is 13.6. The van der Waals surface area contributed by atoms with Crippen LogP contribution in [0, 0.1) is 0 Å². The summed E-state index contributed by atoms with van der Waals surface area (Å²) in [5, 5.41) is 3.07. The summed E-state index contributed by atoms with van der Waals surface area (Å²) in [5.41, 5.74) is 2.36. The Morgan fingerprint density at radius 2 is 1.62 bits per heavy atom. The molecule has 0 spiro atoms. The van der Waals surface area contributed by atoms with Gasteiger partial charge in [-0.25, -0.2) is 4.99 Å². The van der Waals surface area contributed by atoms with Crippen LogP contribution in [0.2, 0.25) is 0 Å². The van der Waals surface area contributed by atoms with Crippen molar-refractivity contribution in [2.24, 2.45) is 4.99 Å². The predicted octanol–water partition coefficient (Wildman–Crippen LogP) is 6.36. The second kappa shape index (κ2) is 9.98. The number of aliphatic imine (C=N–C) groups is 1. The average molecular weight is 541 g/mol. The highest BCUT2D eigenvalue weighted by molar-refractivity contribution is 8.19. The number of thioether (sulfide) groups is 2. The Kier molecular flexibility index (Phi) is 6.74. The molecule has 5 rings (SSSR count). The lowest BCUT2D eigenvalue weighted by Gasteiger charge is -2.17. The number of carbonyl (C=O) groups excluding carboxylic acids is 2. The summed E-state index contributed by atoms with van der Waals surface area (Å²) in [7, 11) is 1.92. The number of nitrogens with zero attached hydrogens (tertiary/aromatic N) is 3. The molecule has 3 aromatic rings. The van der Waals surface area contributed by atoms with E-state index >= 15 is 0 Å². The standard InChI is InChI=1S/C26H19F3N4O2S2/c1-32-19-9-5-6-10-20(19)36-23(32)21-22(34)33(15-16-7-3-2-4-8-16)25(37-21)31-18-13-11-17(12-14-18)30-24(35)26(27,28)29/h2-14H,15H2,1H3,(H,30,35)/b23-21+,31-25?. The van der Waals surface area contributed by atoms with Crippen molar-refractivity contribution in [3.8, 4) is 0 Å². The quantitative estimate of drug-likeness (QED) is 0.390. The SMILES string of the molecule is CN1/C(=C2\SC(=Nc3ccc(NC(=O)C(F)(F)F)cc3)N(Cc3ccccc3)C2=O)Sc2ccccc21. The van der Waals surface area contributed by atoms with Crippen molar-refractivity contribution in [2.45, 2.75) is 17.6 Å². The summed E-state index contributed by atoms with van der Waals surface area (Å²) < 4.78 is 37.6. The van der Waals surface area contributed by atoms with E-state index in [1.807, 2.05) is 71.9 Å². The fourth-order valence-corrected chi connectivity index (χ4v) is 6.10. The van der Waals surface area contributed by atoms with E-state index in [1.54, 1.807) is 4.90 Å². The second-order valence-corrected chi connectivity index (χ2v) is 10.1. The minimum Gasteiger partial charge on any atom is -0.337 e. The molecule has 0 radical (unpaired) electrons. The van der Waals surface area contributed by atoms with Crippen molar-refractivity contribution >= 4 is 57.6 Å². The number of amidine groups is 1. The number of benzene rings is 3. The van der Waals surface area contributed by atoms with Crippen LogP contribution < -0.4 is 10.2 Å². The first kappa shape index (κ1) is 25.0. The molecule has 3 aromatic carbocycles. The van der Waals surface area contributed by atoms with Crippen molar-refractivity contribution in [2.75, 3.05) is 17.3 Å². The molecular formula is C26H19F3N4O2S2. The van der Waals surface area contributed by atoms with E-state index in [0.29, 0.717) is 22.3 Å². The fraction of sp³-hybridized carbons (Fsp3) is 0.115. The zero-order chi connectivity index (χ0) is 26.2. The van der Waals surface area contributed by atoms with Gasteiger partial charge in [0.1, 0.15) is 4.91 Å². The Labute approximate surface area is 219 Å². The molecule has 0 aromatic heterocycles.